The Balaban J connectivity index is 1.56. The molecule has 0 aliphatic heterocycles. The van der Waals surface area contributed by atoms with Gasteiger partial charge in [-0.2, -0.15) is 16.9 Å². The molecule has 0 spiro atoms. The summed E-state index contributed by atoms with van der Waals surface area (Å²) in [4.78, 5) is 4.87. The lowest BCUT2D eigenvalue weighted by atomic mass is 9.47. The lowest BCUT2D eigenvalue weighted by molar-refractivity contribution is -0.163. The summed E-state index contributed by atoms with van der Waals surface area (Å²) in [7, 11) is 0. The lowest BCUT2D eigenvalue weighted by Gasteiger charge is -2.60. The van der Waals surface area contributed by atoms with Gasteiger partial charge in [0.1, 0.15) is 5.82 Å². The van der Waals surface area contributed by atoms with Gasteiger partial charge in [0.25, 0.3) is 0 Å². The van der Waals surface area contributed by atoms with Gasteiger partial charge in [-0.3, -0.25) is 4.68 Å². The summed E-state index contributed by atoms with van der Waals surface area (Å²) in [5.74, 6) is 4.74. The zero-order valence-electron chi connectivity index (χ0n) is 14.4. The number of aryl methyl sites for hydroxylation is 2. The summed E-state index contributed by atoms with van der Waals surface area (Å²) >= 11 is 1.85. The smallest absolute Gasteiger partial charge is 0.151 e. The second kappa shape index (κ2) is 5.76. The van der Waals surface area contributed by atoms with Crippen LogP contribution in [0.3, 0.4) is 0 Å². The van der Waals surface area contributed by atoms with Gasteiger partial charge in [-0.25, -0.2) is 4.98 Å². The van der Waals surface area contributed by atoms with E-state index < -0.39 is 0 Å². The fraction of sp³-hybridized carbons (Fsp3) is 0.889. The highest BCUT2D eigenvalue weighted by atomic mass is 32.2. The van der Waals surface area contributed by atoms with Crippen molar-refractivity contribution in [3.63, 3.8) is 0 Å². The molecule has 128 valence electrons. The van der Waals surface area contributed by atoms with Crippen LogP contribution in [-0.2, 0) is 19.4 Å². The van der Waals surface area contributed by atoms with Gasteiger partial charge in [0, 0.05) is 25.1 Å². The van der Waals surface area contributed by atoms with Crippen LogP contribution in [0.25, 0.3) is 0 Å². The Morgan fingerprint density at radius 1 is 1.26 bits per heavy atom. The highest BCUT2D eigenvalue weighted by Crippen LogP contribution is 2.62. The van der Waals surface area contributed by atoms with Crippen molar-refractivity contribution >= 4 is 11.8 Å². The fourth-order valence-corrected chi connectivity index (χ4v) is 6.44. The predicted octanol–water partition coefficient (Wildman–Crippen LogP) is 3.08. The fourth-order valence-electron chi connectivity index (χ4n) is 6.05. The van der Waals surface area contributed by atoms with Crippen LogP contribution in [0.4, 0.5) is 0 Å². The Kier molecular flexibility index (Phi) is 4.00. The van der Waals surface area contributed by atoms with E-state index in [0.717, 1.165) is 67.9 Å². The topological polar surface area (TPSA) is 50.9 Å². The average molecular weight is 336 g/mol. The van der Waals surface area contributed by atoms with Crippen molar-refractivity contribution in [3.8, 4) is 0 Å². The standard InChI is InChI=1S/C18H29N3OS/c1-3-21-16(19-15(20-21)4-5-23-2)11-17-7-13-6-14(8-17)10-18(22,9-13)12-17/h13-14,22H,3-12H2,1-2H3/t13-,14+,17?,18?. The summed E-state index contributed by atoms with van der Waals surface area (Å²) in [6.07, 6.45) is 11.1. The van der Waals surface area contributed by atoms with E-state index >= 15 is 0 Å². The minimum atomic E-state index is -0.372. The van der Waals surface area contributed by atoms with Crippen LogP contribution < -0.4 is 0 Å². The lowest BCUT2D eigenvalue weighted by Crippen LogP contribution is -2.56. The molecule has 0 amide bonds. The van der Waals surface area contributed by atoms with Gasteiger partial charge in [0.2, 0.25) is 0 Å². The Bertz CT molecular complexity index is 571. The first-order valence-corrected chi connectivity index (χ1v) is 10.6. The molecule has 1 aromatic rings. The molecule has 4 fully saturated rings. The molecule has 5 heteroatoms. The van der Waals surface area contributed by atoms with E-state index in [1.165, 1.54) is 19.3 Å². The molecule has 4 aliphatic rings. The number of nitrogens with zero attached hydrogens (tertiary/aromatic N) is 3. The van der Waals surface area contributed by atoms with E-state index in [0.29, 0.717) is 0 Å². The first-order valence-electron chi connectivity index (χ1n) is 9.17. The maximum Gasteiger partial charge on any atom is 0.151 e. The quantitative estimate of drug-likeness (QED) is 0.868. The van der Waals surface area contributed by atoms with Gasteiger partial charge >= 0.3 is 0 Å². The zero-order chi connectivity index (χ0) is 16.1. The Hall–Kier alpha value is -0.550. The van der Waals surface area contributed by atoms with E-state index in [1.54, 1.807) is 0 Å². The largest absolute Gasteiger partial charge is 0.390 e. The minimum Gasteiger partial charge on any atom is -0.390 e. The summed E-state index contributed by atoms with van der Waals surface area (Å²) < 4.78 is 2.11. The number of hydrogen-bond acceptors (Lipinski definition) is 4. The van der Waals surface area contributed by atoms with Crippen molar-refractivity contribution in [2.45, 2.75) is 70.4 Å². The molecule has 4 atom stereocenters. The van der Waals surface area contributed by atoms with Gasteiger partial charge in [0.15, 0.2) is 5.82 Å². The molecule has 4 nitrogen and oxygen atoms in total. The third kappa shape index (κ3) is 2.95. The van der Waals surface area contributed by atoms with Crippen molar-refractivity contribution in [3.05, 3.63) is 11.6 Å². The maximum absolute atomic E-state index is 10.9. The van der Waals surface area contributed by atoms with Gasteiger partial charge < -0.3 is 5.11 Å². The van der Waals surface area contributed by atoms with Gasteiger partial charge in [-0.15, -0.1) is 0 Å². The number of hydrogen-bond donors (Lipinski definition) is 1. The summed E-state index contributed by atoms with van der Waals surface area (Å²) in [5, 5.41) is 15.7. The van der Waals surface area contributed by atoms with Crippen LogP contribution in [-0.4, -0.2) is 37.5 Å². The van der Waals surface area contributed by atoms with Crippen LogP contribution in [0, 0.1) is 17.3 Å². The van der Waals surface area contributed by atoms with Crippen LogP contribution in [0.1, 0.15) is 57.1 Å². The van der Waals surface area contributed by atoms with E-state index in [4.69, 9.17) is 10.1 Å². The molecule has 0 radical (unpaired) electrons. The summed E-state index contributed by atoms with van der Waals surface area (Å²) in [6.45, 7) is 3.05. The van der Waals surface area contributed by atoms with E-state index in [1.807, 2.05) is 11.8 Å². The molecular formula is C18H29N3OS. The Morgan fingerprint density at radius 3 is 2.61 bits per heavy atom. The van der Waals surface area contributed by atoms with Crippen LogP contribution in [0.15, 0.2) is 0 Å². The third-order valence-electron chi connectivity index (χ3n) is 6.31. The Labute approximate surface area is 143 Å². The molecular weight excluding hydrogens is 306 g/mol. The molecule has 5 rings (SSSR count). The minimum absolute atomic E-state index is 0.287. The maximum atomic E-state index is 10.9. The second-order valence-corrected chi connectivity index (χ2v) is 9.35. The summed E-state index contributed by atoms with van der Waals surface area (Å²) in [6, 6.07) is 0. The highest BCUT2D eigenvalue weighted by Gasteiger charge is 2.57. The molecule has 4 saturated carbocycles. The van der Waals surface area contributed by atoms with Crippen LogP contribution >= 0.6 is 11.8 Å². The number of rotatable bonds is 6. The third-order valence-corrected chi connectivity index (χ3v) is 6.92. The molecule has 1 heterocycles. The van der Waals surface area contributed by atoms with Crippen molar-refractivity contribution in [1.82, 2.24) is 14.8 Å². The van der Waals surface area contributed by atoms with Crippen LogP contribution in [0.5, 0.6) is 0 Å². The van der Waals surface area contributed by atoms with Crippen molar-refractivity contribution in [2.75, 3.05) is 12.0 Å². The molecule has 0 saturated heterocycles. The van der Waals surface area contributed by atoms with Crippen LogP contribution in [0.2, 0.25) is 0 Å². The molecule has 1 N–H and O–H groups in total. The van der Waals surface area contributed by atoms with E-state index in [9.17, 15) is 5.11 Å². The predicted molar refractivity (Wildman–Crippen MR) is 93.6 cm³/mol. The molecule has 1 aromatic heterocycles. The molecule has 2 unspecified atom stereocenters. The van der Waals surface area contributed by atoms with E-state index in [2.05, 4.69) is 17.9 Å². The molecule has 23 heavy (non-hydrogen) atoms. The zero-order valence-corrected chi connectivity index (χ0v) is 15.2. The SMILES string of the molecule is CCn1nc(CCSC)nc1CC12C[C@@H]3C[C@@H](CC(O)(C3)C1)C2. The average Bonchev–Trinajstić information content (AvgIpc) is 2.83. The first-order chi connectivity index (χ1) is 11.0. The number of thioether (sulfide) groups is 1. The molecule has 4 bridgehead atoms. The second-order valence-electron chi connectivity index (χ2n) is 8.36. The molecule has 0 aromatic carbocycles. The monoisotopic (exact) mass is 335 g/mol. The number of aromatic nitrogens is 3. The van der Waals surface area contributed by atoms with Gasteiger partial charge in [0.05, 0.1) is 5.60 Å². The van der Waals surface area contributed by atoms with Gasteiger partial charge in [-0.05, 0) is 69.0 Å². The van der Waals surface area contributed by atoms with Gasteiger partial charge in [-0.1, -0.05) is 0 Å². The Morgan fingerprint density at radius 2 is 2.00 bits per heavy atom. The van der Waals surface area contributed by atoms with Crippen molar-refractivity contribution in [2.24, 2.45) is 17.3 Å². The highest BCUT2D eigenvalue weighted by molar-refractivity contribution is 7.98. The van der Waals surface area contributed by atoms with E-state index in [-0.39, 0.29) is 11.0 Å². The van der Waals surface area contributed by atoms with Crippen molar-refractivity contribution < 1.29 is 5.11 Å². The molecule has 4 aliphatic carbocycles. The first kappa shape index (κ1) is 15.9. The summed E-state index contributed by atoms with van der Waals surface area (Å²) in [5.41, 5.74) is -0.0849. The number of aliphatic hydroxyl groups is 1. The van der Waals surface area contributed by atoms with Crippen molar-refractivity contribution in [1.29, 1.82) is 0 Å². The normalized spacial score (nSPS) is 38.4.